The third-order valence-corrected chi connectivity index (χ3v) is 8.56. The highest BCUT2D eigenvalue weighted by molar-refractivity contribution is 7.45. The first kappa shape index (κ1) is 31.8. The molecule has 0 saturated heterocycles. The maximum Gasteiger partial charge on any atom is 0.326 e. The van der Waals surface area contributed by atoms with Gasteiger partial charge in [0, 0.05) is 5.69 Å². The van der Waals surface area contributed by atoms with Crippen molar-refractivity contribution in [1.29, 1.82) is 0 Å². The molecule has 2 aromatic carbocycles. The van der Waals surface area contributed by atoms with Crippen molar-refractivity contribution in [2.75, 3.05) is 24.7 Å². The van der Waals surface area contributed by atoms with E-state index in [0.717, 1.165) is 24.0 Å². The largest absolute Gasteiger partial charge is 0.603 e. The van der Waals surface area contributed by atoms with Crippen molar-refractivity contribution in [2.24, 2.45) is 5.41 Å². The third kappa shape index (κ3) is 8.71. The van der Waals surface area contributed by atoms with Gasteiger partial charge in [-0.3, -0.25) is 19.3 Å². The highest BCUT2D eigenvalue weighted by atomic mass is 31.1. The quantitative estimate of drug-likeness (QED) is 0.236. The van der Waals surface area contributed by atoms with Gasteiger partial charge >= 0.3 is 5.97 Å². The average Bonchev–Trinajstić information content (AvgIpc) is 3.38. The number of rotatable bonds is 11. The number of fused-ring (bicyclic) bond motifs is 1. The smallest absolute Gasteiger partial charge is 0.326 e. The molecule has 0 aromatic heterocycles. The molecule has 2 amide bonds. The molecule has 0 spiro atoms. The van der Waals surface area contributed by atoms with Crippen LogP contribution in [0.2, 0.25) is 0 Å². The number of nitrogens with zero attached hydrogens (tertiary/aromatic N) is 1. The Bertz CT molecular complexity index is 1270. The lowest BCUT2D eigenvalue weighted by atomic mass is 9.87. The van der Waals surface area contributed by atoms with Gasteiger partial charge < -0.3 is 19.7 Å². The molecule has 42 heavy (non-hydrogen) atoms. The topological polar surface area (TPSA) is 117 Å². The van der Waals surface area contributed by atoms with Gasteiger partial charge in [-0.15, -0.1) is 0 Å². The molecule has 1 aliphatic heterocycles. The van der Waals surface area contributed by atoms with Crippen LogP contribution in [0.25, 0.3) is 0 Å². The van der Waals surface area contributed by atoms with E-state index in [1.54, 1.807) is 26.8 Å². The number of ether oxygens (including phenoxy) is 2. The number of aryl methyl sites for hydroxylation is 1. The first-order chi connectivity index (χ1) is 20.1. The molecule has 2 atom stereocenters. The number of carbonyl (C=O) groups excluding carboxylic acids is 3. The molecule has 9 nitrogen and oxygen atoms in total. The molecule has 0 bridgehead atoms. The van der Waals surface area contributed by atoms with Crippen LogP contribution in [0.15, 0.2) is 54.6 Å². The van der Waals surface area contributed by atoms with Crippen molar-refractivity contribution in [1.82, 2.24) is 5.32 Å². The van der Waals surface area contributed by atoms with Gasteiger partial charge in [0.2, 0.25) is 19.8 Å². The summed E-state index contributed by atoms with van der Waals surface area (Å²) in [6, 6.07) is 16.3. The van der Waals surface area contributed by atoms with Crippen molar-refractivity contribution in [3.8, 4) is 0 Å². The van der Waals surface area contributed by atoms with Crippen LogP contribution in [-0.2, 0) is 41.4 Å². The summed E-state index contributed by atoms with van der Waals surface area (Å²) in [6.07, 6.45) is 3.59. The molecule has 1 saturated carbocycles. The van der Waals surface area contributed by atoms with Gasteiger partial charge in [-0.25, -0.2) is 0 Å². The molecule has 226 valence electrons. The molecule has 1 heterocycles. The number of hydrogen-bond donors (Lipinski definition) is 1. The Labute approximate surface area is 249 Å². The minimum Gasteiger partial charge on any atom is -0.603 e. The van der Waals surface area contributed by atoms with Gasteiger partial charge in [0.1, 0.15) is 36.0 Å². The zero-order valence-corrected chi connectivity index (χ0v) is 25.6. The molecule has 2 aliphatic rings. The van der Waals surface area contributed by atoms with Gasteiger partial charge in [-0.1, -0.05) is 61.4 Å². The van der Waals surface area contributed by atoms with E-state index in [1.807, 2.05) is 48.5 Å². The summed E-state index contributed by atoms with van der Waals surface area (Å²) in [5.74, 6) is 0.272. The lowest BCUT2D eigenvalue weighted by Crippen LogP contribution is -2.53. The van der Waals surface area contributed by atoms with Crippen LogP contribution in [0.3, 0.4) is 0 Å². The predicted octanol–water partition coefficient (Wildman–Crippen LogP) is 4.06. The summed E-state index contributed by atoms with van der Waals surface area (Å²) in [5.41, 5.74) is 0.901. The second kappa shape index (κ2) is 14.4. The normalized spacial score (nSPS) is 18.8. The van der Waals surface area contributed by atoms with E-state index in [0.29, 0.717) is 38.0 Å². The molecule has 1 fully saturated rings. The number of para-hydroxylation sites is 1. The molecular formula is C32H41N2O7P. The van der Waals surface area contributed by atoms with Crippen molar-refractivity contribution < 1.29 is 33.3 Å². The number of amides is 2. The van der Waals surface area contributed by atoms with Crippen molar-refractivity contribution in [2.45, 2.75) is 77.5 Å². The van der Waals surface area contributed by atoms with Gasteiger partial charge in [0.15, 0.2) is 0 Å². The van der Waals surface area contributed by atoms with Crippen LogP contribution in [0.4, 0.5) is 5.69 Å². The fraction of sp³-hybridized carbons (Fsp3) is 0.500. The number of nitrogens with one attached hydrogen (secondary N) is 1. The summed E-state index contributed by atoms with van der Waals surface area (Å²) >= 11 is 0. The van der Waals surface area contributed by atoms with E-state index < -0.39 is 31.0 Å². The fourth-order valence-corrected chi connectivity index (χ4v) is 6.54. The zero-order chi connectivity index (χ0) is 30.2. The lowest BCUT2D eigenvalue weighted by molar-refractivity contribution is -0.173. The van der Waals surface area contributed by atoms with Gasteiger partial charge in [-0.2, -0.15) is 4.52 Å². The Morgan fingerprint density at radius 2 is 1.76 bits per heavy atom. The summed E-state index contributed by atoms with van der Waals surface area (Å²) in [7, 11) is -2.23. The number of hydrogen-bond acceptors (Lipinski definition) is 7. The van der Waals surface area contributed by atoms with E-state index in [2.05, 4.69) is 5.32 Å². The lowest BCUT2D eigenvalue weighted by Gasteiger charge is -2.29. The minimum absolute atomic E-state index is 0.134. The standard InChI is InChI=1S/C32H41N2O7P/c1-31(2,3)41-28(35)21-34-27-14-8-7-13-25(27)15-16-26(29(34)36)33-30(37)32(17-9-10-18-32)23-42(38)40-20-19-39-22-24-11-5-4-6-12-24/h4-8,11-14,23,26H,9-10,15-22H2,1-3H3,(H,33,37). The third-order valence-electron chi connectivity index (χ3n) is 7.42. The van der Waals surface area contributed by atoms with Gasteiger partial charge in [0.25, 0.3) is 0 Å². The Hall–Kier alpha value is -3.10. The first-order valence-electron chi connectivity index (χ1n) is 14.6. The highest BCUT2D eigenvalue weighted by Gasteiger charge is 2.45. The summed E-state index contributed by atoms with van der Waals surface area (Å²) in [6.45, 7) is 5.90. The second-order valence-electron chi connectivity index (χ2n) is 11.9. The number of anilines is 1. The molecule has 10 heteroatoms. The Morgan fingerprint density at radius 3 is 2.48 bits per heavy atom. The van der Waals surface area contributed by atoms with Crippen LogP contribution in [-0.4, -0.2) is 55.0 Å². The van der Waals surface area contributed by atoms with Crippen molar-refractivity contribution in [3.05, 3.63) is 65.7 Å². The summed E-state index contributed by atoms with van der Waals surface area (Å²) in [4.78, 5) is 54.6. The van der Waals surface area contributed by atoms with E-state index >= 15 is 0 Å². The molecule has 1 aliphatic carbocycles. The van der Waals surface area contributed by atoms with Crippen molar-refractivity contribution in [3.63, 3.8) is 0 Å². The van der Waals surface area contributed by atoms with Crippen LogP contribution >= 0.6 is 8.00 Å². The predicted molar refractivity (Wildman–Crippen MR) is 161 cm³/mol. The molecule has 0 radical (unpaired) electrons. The summed E-state index contributed by atoms with van der Waals surface area (Å²) < 4.78 is 16.6. The van der Waals surface area contributed by atoms with Crippen LogP contribution in [0, 0.1) is 5.41 Å². The summed E-state index contributed by atoms with van der Waals surface area (Å²) in [5, 5.41) is 2.96. The Kier molecular flexibility index (Phi) is 10.9. The van der Waals surface area contributed by atoms with Gasteiger partial charge in [0.05, 0.1) is 13.2 Å². The monoisotopic (exact) mass is 596 g/mol. The minimum atomic E-state index is -2.23. The van der Waals surface area contributed by atoms with Gasteiger partial charge in [-0.05, 0) is 63.6 Å². The molecule has 1 N–H and O–H groups in total. The van der Waals surface area contributed by atoms with Crippen molar-refractivity contribution >= 4 is 37.3 Å². The van der Waals surface area contributed by atoms with E-state index in [4.69, 9.17) is 14.0 Å². The Balaban J connectivity index is 1.41. The average molecular weight is 597 g/mol. The highest BCUT2D eigenvalue weighted by Crippen LogP contribution is 2.40. The van der Waals surface area contributed by atoms with E-state index in [9.17, 15) is 19.3 Å². The second-order valence-corrected chi connectivity index (χ2v) is 12.9. The molecule has 2 unspecified atom stereocenters. The van der Waals surface area contributed by atoms with E-state index in [-0.39, 0.29) is 31.6 Å². The molecule has 4 rings (SSSR count). The number of benzene rings is 2. The zero-order valence-electron chi connectivity index (χ0n) is 24.7. The maximum absolute atomic E-state index is 13.8. The molecule has 2 aromatic rings. The van der Waals surface area contributed by atoms with Crippen LogP contribution in [0.5, 0.6) is 0 Å². The first-order valence-corrected chi connectivity index (χ1v) is 15.8. The van der Waals surface area contributed by atoms with Crippen LogP contribution in [0.1, 0.15) is 64.0 Å². The maximum atomic E-state index is 13.8. The van der Waals surface area contributed by atoms with E-state index in [1.165, 1.54) is 10.7 Å². The Morgan fingerprint density at radius 1 is 1.07 bits per heavy atom. The number of carbonyl (C=O) groups is 3. The SMILES string of the molecule is CC(C)(C)OC(=O)CN1C(=O)C(NC(=O)C2(C=[P+]([O-])OCCOCc3ccccc3)CCCC2)CCc2ccccc21. The van der Waals surface area contributed by atoms with Crippen LogP contribution < -0.4 is 15.1 Å². The fourth-order valence-electron chi connectivity index (χ4n) is 5.43. The molecular weight excluding hydrogens is 555 g/mol. The number of esters is 1.